The highest BCUT2D eigenvalue weighted by molar-refractivity contribution is 7.01. The smallest absolute Gasteiger partial charge is 0.252 e. The van der Waals surface area contributed by atoms with Crippen molar-refractivity contribution in [3.05, 3.63) is 132 Å². The summed E-state index contributed by atoms with van der Waals surface area (Å²) >= 11 is 0. The zero-order valence-electron chi connectivity index (χ0n) is 38.1. The lowest BCUT2D eigenvalue weighted by atomic mass is 9.33. The molecule has 0 saturated carbocycles. The predicted octanol–water partition coefficient (Wildman–Crippen LogP) is 11.7. The summed E-state index contributed by atoms with van der Waals surface area (Å²) in [6.45, 7) is 27.7. The van der Waals surface area contributed by atoms with E-state index in [-0.39, 0.29) is 28.4 Å². The first kappa shape index (κ1) is 38.6. The van der Waals surface area contributed by atoms with Crippen LogP contribution in [-0.4, -0.2) is 31.0 Å². The van der Waals surface area contributed by atoms with Crippen LogP contribution in [0.3, 0.4) is 0 Å². The first-order chi connectivity index (χ1) is 29.3. The van der Waals surface area contributed by atoms with Crippen molar-refractivity contribution < 1.29 is 0 Å². The van der Waals surface area contributed by atoms with Crippen LogP contribution in [0.1, 0.15) is 105 Å². The minimum atomic E-state index is -0.101. The lowest BCUT2D eigenvalue weighted by Gasteiger charge is -2.45. The highest BCUT2D eigenvalue weighted by Gasteiger charge is 2.47. The van der Waals surface area contributed by atoms with Crippen LogP contribution in [-0.2, 0) is 21.7 Å². The summed E-state index contributed by atoms with van der Waals surface area (Å²) in [4.78, 5) is 23.7. The van der Waals surface area contributed by atoms with Gasteiger partial charge in [0.2, 0.25) is 0 Å². The van der Waals surface area contributed by atoms with E-state index < -0.39 is 0 Å². The summed E-state index contributed by atoms with van der Waals surface area (Å²) in [6, 6.07) is 28.7. The van der Waals surface area contributed by atoms with E-state index in [0.717, 1.165) is 22.7 Å². The van der Waals surface area contributed by atoms with Gasteiger partial charge in [0.05, 0.1) is 64.1 Å². The number of anilines is 6. The maximum Gasteiger partial charge on any atom is 0.252 e. The zero-order valence-corrected chi connectivity index (χ0v) is 38.1. The van der Waals surface area contributed by atoms with Crippen molar-refractivity contribution in [2.75, 3.05) is 9.80 Å². The molecule has 0 N–H and O–H groups in total. The van der Waals surface area contributed by atoms with Crippen molar-refractivity contribution in [3.8, 4) is 0 Å². The maximum absolute atomic E-state index is 4.68. The van der Waals surface area contributed by atoms with Gasteiger partial charge >= 0.3 is 0 Å². The number of hydrogen-bond acceptors (Lipinski definition) is 6. The van der Waals surface area contributed by atoms with Crippen LogP contribution in [0.4, 0.5) is 34.1 Å². The van der Waals surface area contributed by atoms with Crippen molar-refractivity contribution in [1.29, 1.82) is 0 Å². The van der Waals surface area contributed by atoms with Gasteiger partial charge in [-0.05, 0) is 96.7 Å². The Hall–Kier alpha value is -6.28. The third-order valence-electron chi connectivity index (χ3n) is 13.7. The monoisotopic (exact) mass is 811 g/mol. The lowest BCUT2D eigenvalue weighted by Crippen LogP contribution is -2.61. The van der Waals surface area contributed by atoms with Crippen molar-refractivity contribution in [3.63, 3.8) is 0 Å². The number of benzene rings is 5. The third kappa shape index (κ3) is 5.44. The molecule has 8 heteroatoms. The second-order valence-electron chi connectivity index (χ2n) is 21.9. The van der Waals surface area contributed by atoms with E-state index in [1.807, 2.05) is 24.8 Å². The minimum absolute atomic E-state index is 0.0572. The SMILES string of the molecule is CC(C)(C)c1ccc2c(c1)B1c3cc(C(C)(C)C)ccc3N(c3cncnc3)c3c1c(c1c4cc(C(C)(C)C)ccc4n4c5ccc(C(C)(C)C)cc5c3c14)N2c1cncnc1. The van der Waals surface area contributed by atoms with Gasteiger partial charge < -0.3 is 14.2 Å². The fraction of sp³-hybridized carbons (Fsp3) is 0.296. The van der Waals surface area contributed by atoms with Gasteiger partial charge in [-0.1, -0.05) is 119 Å². The number of fused-ring (bicyclic) bond motifs is 12. The van der Waals surface area contributed by atoms with Crippen LogP contribution in [0.2, 0.25) is 0 Å². The van der Waals surface area contributed by atoms with Crippen molar-refractivity contribution >= 4 is 95.3 Å². The molecule has 0 amide bonds. The highest BCUT2D eigenvalue weighted by atomic mass is 15.2. The molecule has 7 nitrogen and oxygen atoms in total. The molecule has 308 valence electrons. The summed E-state index contributed by atoms with van der Waals surface area (Å²) in [6.07, 6.45) is 11.2. The van der Waals surface area contributed by atoms with Gasteiger partial charge in [0.15, 0.2) is 0 Å². The van der Waals surface area contributed by atoms with E-state index in [1.54, 1.807) is 12.7 Å². The van der Waals surface area contributed by atoms with E-state index in [1.165, 1.54) is 88.1 Å². The summed E-state index contributed by atoms with van der Waals surface area (Å²) in [5.41, 5.74) is 18.9. The Morgan fingerprint density at radius 2 is 0.790 bits per heavy atom. The molecule has 0 spiro atoms. The molecule has 0 radical (unpaired) electrons. The van der Waals surface area contributed by atoms with Gasteiger partial charge in [-0.25, -0.2) is 19.9 Å². The molecule has 9 aromatic rings. The molecule has 4 aromatic heterocycles. The molecule has 11 rings (SSSR count). The van der Waals surface area contributed by atoms with Gasteiger partial charge in [0.25, 0.3) is 6.71 Å². The third-order valence-corrected chi connectivity index (χ3v) is 13.7. The first-order valence-corrected chi connectivity index (χ1v) is 22.1. The lowest BCUT2D eigenvalue weighted by molar-refractivity contribution is 0.590. The van der Waals surface area contributed by atoms with Gasteiger partial charge in [0.1, 0.15) is 12.7 Å². The summed E-state index contributed by atoms with van der Waals surface area (Å²) < 4.78 is 2.55. The van der Waals surface area contributed by atoms with Gasteiger partial charge in [0, 0.05) is 32.9 Å². The molecule has 0 atom stereocenters. The van der Waals surface area contributed by atoms with Crippen LogP contribution in [0, 0.1) is 0 Å². The van der Waals surface area contributed by atoms with Crippen LogP contribution in [0.15, 0.2) is 110 Å². The standard InChI is InChI=1S/C54H54BN7/c1-51(2,3)31-13-17-41-37(21-31)45-48-46(38-22-32(52(4,5)6)14-18-42(38)62(41)48)50-47-49(45)60(35-25-56-29-57-26-35)43-19-15-33(53(7,8)9)23-39(43)55(47)40-24-34(54(10,11)12)16-20-44(40)61(50)36-27-58-30-59-28-36/h13-30H,1-12H3. The normalized spacial score (nSPS) is 14.4. The zero-order chi connectivity index (χ0) is 43.4. The van der Waals surface area contributed by atoms with E-state index in [0.29, 0.717) is 0 Å². The molecule has 0 unspecified atom stereocenters. The van der Waals surface area contributed by atoms with Crippen molar-refractivity contribution in [2.24, 2.45) is 0 Å². The molecule has 0 aliphatic carbocycles. The summed E-state index contributed by atoms with van der Waals surface area (Å²) in [5.74, 6) is 0. The molecule has 5 aromatic carbocycles. The molecule has 0 fully saturated rings. The van der Waals surface area contributed by atoms with Gasteiger partial charge in [-0.3, -0.25) is 0 Å². The maximum atomic E-state index is 4.68. The molecular weight excluding hydrogens is 757 g/mol. The Morgan fingerprint density at radius 1 is 0.435 bits per heavy atom. The highest BCUT2D eigenvalue weighted by Crippen LogP contribution is 2.55. The number of aromatic nitrogens is 5. The second-order valence-corrected chi connectivity index (χ2v) is 21.9. The molecule has 6 heterocycles. The molecule has 0 bridgehead atoms. The molecule has 62 heavy (non-hydrogen) atoms. The molecule has 2 aliphatic heterocycles. The topological polar surface area (TPSA) is 62.5 Å². The molecule has 0 saturated heterocycles. The van der Waals surface area contributed by atoms with Crippen molar-refractivity contribution in [2.45, 2.75) is 105 Å². The van der Waals surface area contributed by atoms with E-state index >= 15 is 0 Å². The van der Waals surface area contributed by atoms with E-state index in [2.05, 4.69) is 190 Å². The minimum Gasteiger partial charge on any atom is -0.308 e. The van der Waals surface area contributed by atoms with E-state index in [9.17, 15) is 0 Å². The van der Waals surface area contributed by atoms with Crippen LogP contribution in [0.25, 0.3) is 38.1 Å². The second kappa shape index (κ2) is 12.7. The van der Waals surface area contributed by atoms with Crippen LogP contribution >= 0.6 is 0 Å². The fourth-order valence-corrected chi connectivity index (χ4v) is 10.3. The Kier molecular flexibility index (Phi) is 7.89. The van der Waals surface area contributed by atoms with Gasteiger partial charge in [-0.2, -0.15) is 0 Å². The Morgan fingerprint density at radius 3 is 1.16 bits per heavy atom. The average Bonchev–Trinajstić information content (AvgIpc) is 3.74. The Bertz CT molecular complexity index is 3070. The fourth-order valence-electron chi connectivity index (χ4n) is 10.3. The van der Waals surface area contributed by atoms with Gasteiger partial charge in [-0.15, -0.1) is 0 Å². The molecule has 2 aliphatic rings. The van der Waals surface area contributed by atoms with E-state index in [4.69, 9.17) is 0 Å². The quantitative estimate of drug-likeness (QED) is 0.162. The molecular formula is C54H54BN7. The number of nitrogens with zero attached hydrogens (tertiary/aromatic N) is 7. The summed E-state index contributed by atoms with van der Waals surface area (Å²) in [7, 11) is 0. The Labute approximate surface area is 365 Å². The number of rotatable bonds is 2. The first-order valence-electron chi connectivity index (χ1n) is 22.1. The van der Waals surface area contributed by atoms with Crippen LogP contribution in [0.5, 0.6) is 0 Å². The number of hydrogen-bond donors (Lipinski definition) is 0. The van der Waals surface area contributed by atoms with Crippen molar-refractivity contribution in [1.82, 2.24) is 24.3 Å². The Balaban J connectivity index is 1.45. The summed E-state index contributed by atoms with van der Waals surface area (Å²) in [5, 5.41) is 4.98. The largest absolute Gasteiger partial charge is 0.308 e. The van der Waals surface area contributed by atoms with Crippen LogP contribution < -0.4 is 26.2 Å². The predicted molar refractivity (Wildman–Crippen MR) is 261 cm³/mol. The average molecular weight is 812 g/mol.